The lowest BCUT2D eigenvalue weighted by molar-refractivity contribution is 0.0756. The highest BCUT2D eigenvalue weighted by Crippen LogP contribution is 2.30. The summed E-state index contributed by atoms with van der Waals surface area (Å²) in [6, 6.07) is 13.2. The van der Waals surface area contributed by atoms with Gasteiger partial charge in [0, 0.05) is 24.0 Å². The molecule has 1 heterocycles. The van der Waals surface area contributed by atoms with E-state index in [1.54, 1.807) is 14.2 Å². The topological polar surface area (TPSA) is 66.2 Å². The van der Waals surface area contributed by atoms with Crippen molar-refractivity contribution >= 4 is 5.69 Å². The molecule has 3 rings (SSSR count). The predicted molar refractivity (Wildman–Crippen MR) is 114 cm³/mol. The molecule has 0 amide bonds. The van der Waals surface area contributed by atoms with Gasteiger partial charge in [-0.15, -0.1) is 0 Å². The van der Waals surface area contributed by atoms with Crippen LogP contribution in [-0.4, -0.2) is 39.7 Å². The van der Waals surface area contributed by atoms with Gasteiger partial charge in [0.1, 0.15) is 29.5 Å². The third kappa shape index (κ3) is 5.31. The Morgan fingerprint density at radius 1 is 0.966 bits per heavy atom. The monoisotopic (exact) mass is 395 g/mol. The third-order valence-electron chi connectivity index (χ3n) is 4.52. The first-order valence-electron chi connectivity index (χ1n) is 9.34. The molecule has 153 valence electrons. The molecule has 6 heteroatoms. The van der Waals surface area contributed by atoms with Crippen molar-refractivity contribution in [3.63, 3.8) is 0 Å². The van der Waals surface area contributed by atoms with E-state index < -0.39 is 5.66 Å². The molecule has 2 aromatic carbocycles. The van der Waals surface area contributed by atoms with E-state index in [1.165, 1.54) is 0 Å². The average molecular weight is 395 g/mol. The summed E-state index contributed by atoms with van der Waals surface area (Å²) in [5.74, 6) is 2.21. The van der Waals surface area contributed by atoms with Crippen LogP contribution in [0.15, 0.2) is 66.9 Å². The van der Waals surface area contributed by atoms with Crippen molar-refractivity contribution in [1.29, 1.82) is 0 Å². The zero-order chi connectivity index (χ0) is 20.7. The molecule has 1 aliphatic heterocycles. The minimum atomic E-state index is -0.830. The average Bonchev–Trinajstić information content (AvgIpc) is 2.73. The van der Waals surface area contributed by atoms with E-state index in [9.17, 15) is 0 Å². The Hall–Kier alpha value is -2.96. The van der Waals surface area contributed by atoms with Crippen LogP contribution in [0.3, 0.4) is 0 Å². The number of anilines is 1. The van der Waals surface area contributed by atoms with E-state index in [0.717, 1.165) is 28.5 Å². The Morgan fingerprint density at radius 2 is 1.76 bits per heavy atom. The fraction of sp³-hybridized carbons (Fsp3) is 0.261. The molecule has 1 unspecified atom stereocenters. The van der Waals surface area contributed by atoms with E-state index in [-0.39, 0.29) is 0 Å². The lowest BCUT2D eigenvalue weighted by atomic mass is 10.1. The number of allylic oxidation sites excluding steroid dienone is 2. The molecule has 29 heavy (non-hydrogen) atoms. The van der Waals surface area contributed by atoms with E-state index in [2.05, 4.69) is 6.92 Å². The molecular weight excluding hydrogens is 368 g/mol. The van der Waals surface area contributed by atoms with Gasteiger partial charge in [-0.25, -0.2) is 0 Å². The number of hydrogen-bond acceptors (Lipinski definition) is 6. The SMILES string of the molecule is [CH2]c1cc(OC)cc(N2C=CC=CC2(N)COCCOc2cccc(OC)c2)c1. The first kappa shape index (κ1) is 20.8. The fourth-order valence-electron chi connectivity index (χ4n) is 3.07. The van der Waals surface area contributed by atoms with E-state index >= 15 is 0 Å². The summed E-state index contributed by atoms with van der Waals surface area (Å²) in [7, 11) is 3.26. The Kier molecular flexibility index (Phi) is 6.80. The minimum Gasteiger partial charge on any atom is -0.497 e. The van der Waals surface area contributed by atoms with Crippen LogP contribution >= 0.6 is 0 Å². The molecule has 2 N–H and O–H groups in total. The number of benzene rings is 2. The van der Waals surface area contributed by atoms with Crippen molar-refractivity contribution in [2.45, 2.75) is 5.66 Å². The Morgan fingerprint density at radius 3 is 2.55 bits per heavy atom. The Labute approximate surface area is 172 Å². The van der Waals surface area contributed by atoms with Gasteiger partial charge >= 0.3 is 0 Å². The van der Waals surface area contributed by atoms with Crippen molar-refractivity contribution in [1.82, 2.24) is 0 Å². The zero-order valence-electron chi connectivity index (χ0n) is 16.8. The van der Waals surface area contributed by atoms with Gasteiger partial charge in [0.05, 0.1) is 27.4 Å². The summed E-state index contributed by atoms with van der Waals surface area (Å²) in [4.78, 5) is 1.95. The number of nitrogens with two attached hydrogens (primary N) is 1. The van der Waals surface area contributed by atoms with Crippen LogP contribution in [0, 0.1) is 6.92 Å². The van der Waals surface area contributed by atoms with Crippen LogP contribution in [0.4, 0.5) is 5.69 Å². The number of ether oxygens (including phenoxy) is 4. The second-order valence-electron chi connectivity index (χ2n) is 6.68. The lowest BCUT2D eigenvalue weighted by Gasteiger charge is -2.39. The maximum Gasteiger partial charge on any atom is 0.136 e. The highest BCUT2D eigenvalue weighted by molar-refractivity contribution is 5.60. The number of nitrogens with zero attached hydrogens (tertiary/aromatic N) is 1. The van der Waals surface area contributed by atoms with Crippen LogP contribution in [0.5, 0.6) is 17.2 Å². The van der Waals surface area contributed by atoms with Crippen LogP contribution in [0.2, 0.25) is 0 Å². The maximum atomic E-state index is 6.65. The van der Waals surface area contributed by atoms with Gasteiger partial charge in [-0.3, -0.25) is 0 Å². The Bertz CT molecular complexity index is 881. The van der Waals surface area contributed by atoms with Gasteiger partial charge in [0.25, 0.3) is 0 Å². The van der Waals surface area contributed by atoms with Crippen LogP contribution in [0.25, 0.3) is 0 Å². The first-order valence-corrected chi connectivity index (χ1v) is 9.34. The van der Waals surface area contributed by atoms with Crippen LogP contribution in [0.1, 0.15) is 5.56 Å². The molecule has 1 radical (unpaired) electrons. The van der Waals surface area contributed by atoms with E-state index in [1.807, 2.05) is 71.8 Å². The number of methoxy groups -OCH3 is 2. The highest BCUT2D eigenvalue weighted by atomic mass is 16.5. The molecular formula is C23H27N2O4. The van der Waals surface area contributed by atoms with Crippen LogP contribution in [-0.2, 0) is 4.74 Å². The minimum absolute atomic E-state index is 0.291. The molecule has 0 spiro atoms. The molecule has 2 aromatic rings. The molecule has 0 saturated heterocycles. The summed E-state index contributed by atoms with van der Waals surface area (Å²) in [5, 5.41) is 0. The first-order chi connectivity index (χ1) is 14.0. The number of hydrogen-bond donors (Lipinski definition) is 1. The quantitative estimate of drug-likeness (QED) is 0.656. The van der Waals surface area contributed by atoms with Gasteiger partial charge < -0.3 is 29.6 Å². The van der Waals surface area contributed by atoms with Crippen LogP contribution < -0.4 is 24.8 Å². The second-order valence-corrected chi connectivity index (χ2v) is 6.68. The van der Waals surface area contributed by atoms with Crippen molar-refractivity contribution in [2.75, 3.05) is 38.9 Å². The van der Waals surface area contributed by atoms with Gasteiger partial charge in [-0.05, 0) is 48.9 Å². The smallest absolute Gasteiger partial charge is 0.136 e. The van der Waals surface area contributed by atoms with Gasteiger partial charge in [0.2, 0.25) is 0 Å². The zero-order valence-corrected chi connectivity index (χ0v) is 16.8. The summed E-state index contributed by atoms with van der Waals surface area (Å²) >= 11 is 0. The van der Waals surface area contributed by atoms with E-state index in [4.69, 9.17) is 24.7 Å². The van der Waals surface area contributed by atoms with Crippen molar-refractivity contribution < 1.29 is 18.9 Å². The Balaban J connectivity index is 1.59. The van der Waals surface area contributed by atoms with Crippen molar-refractivity contribution in [3.05, 3.63) is 79.4 Å². The summed E-state index contributed by atoms with van der Waals surface area (Å²) in [6.07, 6.45) is 7.68. The largest absolute Gasteiger partial charge is 0.497 e. The number of rotatable bonds is 9. The molecule has 1 atom stereocenters. The lowest BCUT2D eigenvalue weighted by Crippen LogP contribution is -2.57. The predicted octanol–water partition coefficient (Wildman–Crippen LogP) is 3.53. The molecule has 0 fully saturated rings. The van der Waals surface area contributed by atoms with Gasteiger partial charge in [-0.2, -0.15) is 0 Å². The third-order valence-corrected chi connectivity index (χ3v) is 4.52. The standard InChI is InChI=1S/C23H27N2O4/c1-18-13-19(15-22(14-18)27-3)25-10-5-4-9-23(25,24)17-28-11-12-29-21-8-6-7-20(16-21)26-2/h4-10,13-16H,1,11-12,17,24H2,2-3H3. The van der Waals surface area contributed by atoms with E-state index in [0.29, 0.717) is 19.8 Å². The van der Waals surface area contributed by atoms with Gasteiger partial charge in [-0.1, -0.05) is 12.1 Å². The highest BCUT2D eigenvalue weighted by Gasteiger charge is 2.31. The normalized spacial score (nSPS) is 18.0. The summed E-state index contributed by atoms with van der Waals surface area (Å²) < 4.78 is 22.1. The summed E-state index contributed by atoms with van der Waals surface area (Å²) in [6.45, 7) is 5.12. The maximum absolute atomic E-state index is 6.65. The molecule has 0 saturated carbocycles. The summed E-state index contributed by atoms with van der Waals surface area (Å²) in [5.41, 5.74) is 7.55. The molecule has 6 nitrogen and oxygen atoms in total. The van der Waals surface area contributed by atoms with Gasteiger partial charge in [0.15, 0.2) is 0 Å². The molecule has 0 aromatic heterocycles. The molecule has 0 bridgehead atoms. The molecule has 1 aliphatic rings. The molecule has 0 aliphatic carbocycles. The van der Waals surface area contributed by atoms with Crippen molar-refractivity contribution in [3.8, 4) is 17.2 Å². The fourth-order valence-corrected chi connectivity index (χ4v) is 3.07. The van der Waals surface area contributed by atoms with Crippen molar-refractivity contribution in [2.24, 2.45) is 5.73 Å². The second kappa shape index (κ2) is 9.49.